The lowest BCUT2D eigenvalue weighted by Crippen LogP contribution is -1.99. The molecule has 94 valence electrons. The average Bonchev–Trinajstić information content (AvgIpc) is 2.70. The second-order valence-electron chi connectivity index (χ2n) is 3.85. The van der Waals surface area contributed by atoms with E-state index in [-0.39, 0.29) is 5.69 Å². The molecule has 1 N–H and O–H groups in total. The fourth-order valence-electron chi connectivity index (χ4n) is 1.78. The molecule has 0 aliphatic carbocycles. The zero-order valence-electron chi connectivity index (χ0n) is 10.0. The molecule has 1 aromatic carbocycles. The average molecular weight is 264 g/mol. The molecule has 0 bridgehead atoms. The lowest BCUT2D eigenvalue weighted by Gasteiger charge is -2.06. The Hall–Kier alpha value is -2.02. The maximum Gasteiger partial charge on any atom is 0.270 e. The zero-order valence-corrected chi connectivity index (χ0v) is 10.8. The molecule has 0 spiro atoms. The fourth-order valence-corrected chi connectivity index (χ4v) is 2.04. The van der Waals surface area contributed by atoms with E-state index in [2.05, 4.69) is 10.2 Å². The van der Waals surface area contributed by atoms with Gasteiger partial charge in [0, 0.05) is 24.2 Å². The number of aromatic nitrogens is 3. The Bertz CT molecular complexity index is 659. The van der Waals surface area contributed by atoms with Gasteiger partial charge >= 0.3 is 0 Å². The Morgan fingerprint density at radius 1 is 1.56 bits per heavy atom. The molecular formula is C11H12N4O2S. The van der Waals surface area contributed by atoms with Gasteiger partial charge in [0.05, 0.1) is 4.92 Å². The van der Waals surface area contributed by atoms with Crippen LogP contribution in [0.5, 0.6) is 0 Å². The first kappa shape index (κ1) is 12.4. The molecule has 0 aliphatic rings. The molecule has 1 heterocycles. The van der Waals surface area contributed by atoms with Crippen molar-refractivity contribution in [3.05, 3.63) is 38.6 Å². The summed E-state index contributed by atoms with van der Waals surface area (Å²) < 4.78 is 2.32. The number of nitrogens with zero attached hydrogens (tertiary/aromatic N) is 3. The largest absolute Gasteiger partial charge is 0.300 e. The standard InChI is InChI=1S/C11H12N4O2S/c1-3-14-10(12-13-11(14)18)9-6-8(15(16)17)5-4-7(9)2/h4-6H,3H2,1-2H3,(H,13,18). The lowest BCUT2D eigenvalue weighted by molar-refractivity contribution is -0.384. The lowest BCUT2D eigenvalue weighted by atomic mass is 10.1. The van der Waals surface area contributed by atoms with E-state index in [0.29, 0.717) is 17.1 Å². The van der Waals surface area contributed by atoms with Crippen molar-refractivity contribution in [2.45, 2.75) is 20.4 Å². The normalized spacial score (nSPS) is 10.6. The van der Waals surface area contributed by atoms with Crippen molar-refractivity contribution in [2.75, 3.05) is 0 Å². The van der Waals surface area contributed by atoms with Gasteiger partial charge in [-0.05, 0) is 31.6 Å². The summed E-state index contributed by atoms with van der Waals surface area (Å²) in [5, 5.41) is 17.7. The number of aryl methyl sites for hydroxylation is 1. The number of hydrogen-bond donors (Lipinski definition) is 1. The third kappa shape index (κ3) is 2.04. The van der Waals surface area contributed by atoms with Gasteiger partial charge in [0.1, 0.15) is 0 Å². The minimum absolute atomic E-state index is 0.0483. The van der Waals surface area contributed by atoms with Crippen LogP contribution in [0.4, 0.5) is 5.69 Å². The molecular weight excluding hydrogens is 252 g/mol. The summed E-state index contributed by atoms with van der Waals surface area (Å²) in [4.78, 5) is 10.4. The quantitative estimate of drug-likeness (QED) is 0.525. The molecule has 0 radical (unpaired) electrons. The second kappa shape index (κ2) is 4.69. The van der Waals surface area contributed by atoms with Gasteiger partial charge in [-0.25, -0.2) is 0 Å². The molecule has 0 fully saturated rings. The number of rotatable bonds is 3. The summed E-state index contributed by atoms with van der Waals surface area (Å²) in [6.07, 6.45) is 0. The van der Waals surface area contributed by atoms with E-state index in [1.807, 2.05) is 13.8 Å². The van der Waals surface area contributed by atoms with Gasteiger partial charge < -0.3 is 4.57 Å². The van der Waals surface area contributed by atoms with Crippen LogP contribution in [0.1, 0.15) is 12.5 Å². The second-order valence-corrected chi connectivity index (χ2v) is 4.24. The molecule has 2 rings (SSSR count). The van der Waals surface area contributed by atoms with Gasteiger partial charge in [-0.1, -0.05) is 6.07 Å². The third-order valence-electron chi connectivity index (χ3n) is 2.75. The topological polar surface area (TPSA) is 76.8 Å². The fraction of sp³-hybridized carbons (Fsp3) is 0.273. The summed E-state index contributed by atoms with van der Waals surface area (Å²) in [5.41, 5.74) is 1.69. The van der Waals surface area contributed by atoms with Gasteiger partial charge in [-0.15, -0.1) is 0 Å². The summed E-state index contributed by atoms with van der Waals surface area (Å²) in [6.45, 7) is 4.49. The summed E-state index contributed by atoms with van der Waals surface area (Å²) in [6, 6.07) is 4.72. The Kier molecular flexibility index (Phi) is 3.24. The van der Waals surface area contributed by atoms with E-state index in [9.17, 15) is 10.1 Å². The third-order valence-corrected chi connectivity index (χ3v) is 3.06. The number of nitrogens with one attached hydrogen (secondary N) is 1. The number of nitro groups is 1. The highest BCUT2D eigenvalue weighted by molar-refractivity contribution is 7.71. The van der Waals surface area contributed by atoms with Gasteiger partial charge in [0.25, 0.3) is 5.69 Å². The molecule has 0 saturated heterocycles. The van der Waals surface area contributed by atoms with Crippen LogP contribution in [0, 0.1) is 21.8 Å². The molecule has 0 saturated carbocycles. The first-order chi connectivity index (χ1) is 8.54. The van der Waals surface area contributed by atoms with Crippen molar-refractivity contribution in [3.63, 3.8) is 0 Å². The highest BCUT2D eigenvalue weighted by Gasteiger charge is 2.14. The zero-order chi connectivity index (χ0) is 13.3. The predicted molar refractivity (Wildman–Crippen MR) is 69.9 cm³/mol. The molecule has 18 heavy (non-hydrogen) atoms. The van der Waals surface area contributed by atoms with Crippen LogP contribution in [0.2, 0.25) is 0 Å². The van der Waals surface area contributed by atoms with E-state index >= 15 is 0 Å². The Morgan fingerprint density at radius 3 is 2.89 bits per heavy atom. The van der Waals surface area contributed by atoms with Crippen molar-refractivity contribution in [3.8, 4) is 11.4 Å². The van der Waals surface area contributed by atoms with Crippen LogP contribution in [0.25, 0.3) is 11.4 Å². The molecule has 0 aliphatic heterocycles. The maximum atomic E-state index is 10.8. The molecule has 7 heteroatoms. The van der Waals surface area contributed by atoms with Crippen LogP contribution in [-0.2, 0) is 6.54 Å². The molecule has 0 unspecified atom stereocenters. The Morgan fingerprint density at radius 2 is 2.28 bits per heavy atom. The number of nitro benzene ring substituents is 1. The molecule has 0 amide bonds. The number of benzene rings is 1. The van der Waals surface area contributed by atoms with Crippen LogP contribution in [0.3, 0.4) is 0 Å². The van der Waals surface area contributed by atoms with Crippen molar-refractivity contribution in [2.24, 2.45) is 0 Å². The van der Waals surface area contributed by atoms with Gasteiger partial charge in [0.2, 0.25) is 0 Å². The first-order valence-electron chi connectivity index (χ1n) is 5.45. The van der Waals surface area contributed by atoms with Crippen molar-refractivity contribution >= 4 is 17.9 Å². The van der Waals surface area contributed by atoms with E-state index in [1.165, 1.54) is 12.1 Å². The highest BCUT2D eigenvalue weighted by atomic mass is 32.1. The smallest absolute Gasteiger partial charge is 0.270 e. The van der Waals surface area contributed by atoms with Crippen molar-refractivity contribution < 1.29 is 4.92 Å². The number of non-ortho nitro benzene ring substituents is 1. The van der Waals surface area contributed by atoms with E-state index < -0.39 is 4.92 Å². The Balaban J connectivity index is 2.66. The van der Waals surface area contributed by atoms with E-state index in [0.717, 1.165) is 11.1 Å². The van der Waals surface area contributed by atoms with Gasteiger partial charge in [-0.3, -0.25) is 15.2 Å². The maximum absolute atomic E-state index is 10.8. The molecule has 1 aromatic heterocycles. The minimum Gasteiger partial charge on any atom is -0.300 e. The van der Waals surface area contributed by atoms with Gasteiger partial charge in [-0.2, -0.15) is 5.10 Å². The first-order valence-corrected chi connectivity index (χ1v) is 5.86. The molecule has 0 atom stereocenters. The van der Waals surface area contributed by atoms with Crippen LogP contribution < -0.4 is 0 Å². The number of hydrogen-bond acceptors (Lipinski definition) is 4. The highest BCUT2D eigenvalue weighted by Crippen LogP contribution is 2.26. The monoisotopic (exact) mass is 264 g/mol. The number of aromatic amines is 1. The van der Waals surface area contributed by atoms with E-state index in [1.54, 1.807) is 10.6 Å². The summed E-state index contributed by atoms with van der Waals surface area (Å²) in [7, 11) is 0. The van der Waals surface area contributed by atoms with Crippen LogP contribution in [0.15, 0.2) is 18.2 Å². The van der Waals surface area contributed by atoms with Gasteiger partial charge in [0.15, 0.2) is 10.6 Å². The van der Waals surface area contributed by atoms with Crippen LogP contribution in [-0.4, -0.2) is 19.7 Å². The van der Waals surface area contributed by atoms with E-state index in [4.69, 9.17) is 12.2 Å². The Labute approximate surface area is 108 Å². The van der Waals surface area contributed by atoms with Crippen LogP contribution >= 0.6 is 12.2 Å². The van der Waals surface area contributed by atoms with Crippen molar-refractivity contribution in [1.82, 2.24) is 14.8 Å². The minimum atomic E-state index is -0.416. The van der Waals surface area contributed by atoms with Crippen molar-refractivity contribution in [1.29, 1.82) is 0 Å². The predicted octanol–water partition coefficient (Wildman–Crippen LogP) is 2.84. The SMILES string of the molecule is CCn1c(-c2cc([N+](=O)[O-])ccc2C)n[nH]c1=S. The summed E-state index contributed by atoms with van der Waals surface area (Å²) >= 11 is 5.11. The molecule has 6 nitrogen and oxygen atoms in total. The number of H-pyrrole nitrogens is 1. The molecule has 2 aromatic rings. The summed E-state index contributed by atoms with van der Waals surface area (Å²) in [5.74, 6) is 0.628.